The number of oxime groups is 1. The summed E-state index contributed by atoms with van der Waals surface area (Å²) in [7, 11) is 1.57. The summed E-state index contributed by atoms with van der Waals surface area (Å²) in [5, 5.41) is 13.5. The molecule has 0 aromatic carbocycles. The fourth-order valence-corrected chi connectivity index (χ4v) is 3.28. The summed E-state index contributed by atoms with van der Waals surface area (Å²) in [6.45, 7) is 0.153. The number of nitrogens with two attached hydrogens (primary N) is 1. The van der Waals surface area contributed by atoms with Gasteiger partial charge >= 0.3 is 0 Å². The summed E-state index contributed by atoms with van der Waals surface area (Å²) >= 11 is 1.34. The van der Waals surface area contributed by atoms with Gasteiger partial charge in [0, 0.05) is 17.5 Å². The number of hydrogen-bond acceptors (Lipinski definition) is 5. The topological polar surface area (TPSA) is 88.2 Å². The van der Waals surface area contributed by atoms with E-state index in [1.807, 2.05) is 0 Å². The molecule has 110 valence electrons. The smallest absolute Gasteiger partial charge is 0.264 e. The van der Waals surface area contributed by atoms with Crippen molar-refractivity contribution >= 4 is 23.1 Å². The molecule has 6 nitrogen and oxygen atoms in total. The van der Waals surface area contributed by atoms with Gasteiger partial charge in [-0.25, -0.2) is 0 Å². The molecule has 1 aliphatic rings. The van der Waals surface area contributed by atoms with E-state index in [4.69, 9.17) is 15.7 Å². The number of thiophene rings is 1. The maximum absolute atomic E-state index is 12.6. The van der Waals surface area contributed by atoms with Gasteiger partial charge in [-0.05, 0) is 12.8 Å². The Balaban J connectivity index is 2.18. The molecule has 1 amide bonds. The average Bonchev–Trinajstić information content (AvgIpc) is 3.14. The van der Waals surface area contributed by atoms with E-state index >= 15 is 0 Å². The van der Waals surface area contributed by atoms with Crippen LogP contribution in [0.4, 0.5) is 0 Å². The summed E-state index contributed by atoms with van der Waals surface area (Å²) in [4.78, 5) is 14.9. The van der Waals surface area contributed by atoms with E-state index in [1.165, 1.54) is 11.3 Å². The molecule has 0 unspecified atom stereocenters. The molecule has 7 heteroatoms. The minimum atomic E-state index is -0.0863. The van der Waals surface area contributed by atoms with Crippen LogP contribution in [0.2, 0.25) is 0 Å². The predicted octanol–water partition coefficient (Wildman–Crippen LogP) is 1.89. The lowest BCUT2D eigenvalue weighted by molar-refractivity contribution is 0.0717. The van der Waals surface area contributed by atoms with Gasteiger partial charge in [-0.3, -0.25) is 4.79 Å². The van der Waals surface area contributed by atoms with Crippen LogP contribution in [0.25, 0.3) is 0 Å². The molecule has 1 fully saturated rings. The standard InChI is InChI=1S/C13H19N3O3S/c1-19-10-6-11(20-8-10)13(17)16(7-12(14)15-18)9-4-2-3-5-9/h6,8-9,18H,2-5,7H2,1H3,(H2,14,15). The average molecular weight is 297 g/mol. The molecule has 3 N–H and O–H groups in total. The van der Waals surface area contributed by atoms with E-state index in [0.717, 1.165) is 25.7 Å². The molecule has 1 heterocycles. The van der Waals surface area contributed by atoms with E-state index in [9.17, 15) is 4.79 Å². The van der Waals surface area contributed by atoms with Crippen molar-refractivity contribution in [1.82, 2.24) is 4.90 Å². The predicted molar refractivity (Wildman–Crippen MR) is 77.6 cm³/mol. The lowest BCUT2D eigenvalue weighted by Crippen LogP contribution is -2.44. The Morgan fingerprint density at radius 1 is 1.60 bits per heavy atom. The Kier molecular flexibility index (Phi) is 4.84. The second-order valence-corrected chi connectivity index (χ2v) is 5.72. The summed E-state index contributed by atoms with van der Waals surface area (Å²) in [6.07, 6.45) is 4.15. The van der Waals surface area contributed by atoms with Gasteiger partial charge in [-0.15, -0.1) is 11.3 Å². The van der Waals surface area contributed by atoms with Crippen LogP contribution >= 0.6 is 11.3 Å². The number of ether oxygens (including phenoxy) is 1. The highest BCUT2D eigenvalue weighted by Gasteiger charge is 2.29. The van der Waals surface area contributed by atoms with Crippen LogP contribution in [0.15, 0.2) is 16.6 Å². The SMILES string of the molecule is COc1csc(C(=O)N(CC(N)=NO)C2CCCC2)c1. The van der Waals surface area contributed by atoms with Crippen LogP contribution < -0.4 is 10.5 Å². The molecule has 1 saturated carbocycles. The van der Waals surface area contributed by atoms with E-state index in [2.05, 4.69) is 5.16 Å². The van der Waals surface area contributed by atoms with Crippen molar-refractivity contribution in [2.75, 3.05) is 13.7 Å². The van der Waals surface area contributed by atoms with Crippen LogP contribution in [0.5, 0.6) is 5.75 Å². The van der Waals surface area contributed by atoms with Gasteiger partial charge in [0.2, 0.25) is 0 Å². The maximum atomic E-state index is 12.6. The van der Waals surface area contributed by atoms with Crippen molar-refractivity contribution in [3.8, 4) is 5.75 Å². The van der Waals surface area contributed by atoms with E-state index < -0.39 is 0 Å². The number of carbonyl (C=O) groups excluding carboxylic acids is 1. The van der Waals surface area contributed by atoms with Crippen molar-refractivity contribution in [2.45, 2.75) is 31.7 Å². The van der Waals surface area contributed by atoms with Crippen LogP contribution in [-0.4, -0.2) is 41.5 Å². The van der Waals surface area contributed by atoms with Gasteiger partial charge in [0.15, 0.2) is 5.84 Å². The lowest BCUT2D eigenvalue weighted by Gasteiger charge is -2.27. The Bertz CT molecular complexity index is 495. The fourth-order valence-electron chi connectivity index (χ4n) is 2.47. The van der Waals surface area contributed by atoms with E-state index in [-0.39, 0.29) is 24.3 Å². The van der Waals surface area contributed by atoms with Crippen molar-refractivity contribution in [3.63, 3.8) is 0 Å². The zero-order valence-corrected chi connectivity index (χ0v) is 12.2. The molecule has 20 heavy (non-hydrogen) atoms. The van der Waals surface area contributed by atoms with E-state index in [1.54, 1.807) is 23.5 Å². The van der Waals surface area contributed by atoms with Gasteiger partial charge in [-0.1, -0.05) is 18.0 Å². The molecule has 0 atom stereocenters. The van der Waals surface area contributed by atoms with Crippen LogP contribution in [-0.2, 0) is 0 Å². The molecule has 1 aromatic rings. The summed E-state index contributed by atoms with van der Waals surface area (Å²) < 4.78 is 5.10. The molecule has 0 bridgehead atoms. The molecule has 0 aliphatic heterocycles. The minimum absolute atomic E-state index is 0.0498. The summed E-state index contributed by atoms with van der Waals surface area (Å²) in [5.74, 6) is 0.638. The fraction of sp³-hybridized carbons (Fsp3) is 0.538. The quantitative estimate of drug-likeness (QED) is 0.376. The third kappa shape index (κ3) is 3.22. The van der Waals surface area contributed by atoms with Crippen LogP contribution in [0, 0.1) is 0 Å². The molecule has 1 aromatic heterocycles. The van der Waals surface area contributed by atoms with E-state index in [0.29, 0.717) is 10.6 Å². The van der Waals surface area contributed by atoms with Crippen molar-refractivity contribution in [2.24, 2.45) is 10.9 Å². The number of carbonyl (C=O) groups is 1. The largest absolute Gasteiger partial charge is 0.496 e. The molecule has 2 rings (SSSR count). The van der Waals surface area contributed by atoms with Gasteiger partial charge in [0.1, 0.15) is 5.75 Å². The highest BCUT2D eigenvalue weighted by atomic mass is 32.1. The van der Waals surface area contributed by atoms with Gasteiger partial charge in [-0.2, -0.15) is 0 Å². The second-order valence-electron chi connectivity index (χ2n) is 4.81. The van der Waals surface area contributed by atoms with Crippen molar-refractivity contribution in [3.05, 3.63) is 16.3 Å². The summed E-state index contributed by atoms with van der Waals surface area (Å²) in [5.41, 5.74) is 5.57. The number of nitrogens with zero attached hydrogens (tertiary/aromatic N) is 2. The first-order chi connectivity index (χ1) is 9.65. The van der Waals surface area contributed by atoms with Gasteiger partial charge in [0.05, 0.1) is 18.5 Å². The first-order valence-corrected chi connectivity index (χ1v) is 7.43. The van der Waals surface area contributed by atoms with Crippen molar-refractivity contribution in [1.29, 1.82) is 0 Å². The number of rotatable bonds is 5. The van der Waals surface area contributed by atoms with Gasteiger partial charge in [0.25, 0.3) is 5.91 Å². The van der Waals surface area contributed by atoms with Crippen molar-refractivity contribution < 1.29 is 14.7 Å². The van der Waals surface area contributed by atoms with Crippen LogP contribution in [0.1, 0.15) is 35.4 Å². The third-order valence-electron chi connectivity index (χ3n) is 3.51. The zero-order valence-electron chi connectivity index (χ0n) is 11.4. The highest BCUT2D eigenvalue weighted by Crippen LogP contribution is 2.28. The second kappa shape index (κ2) is 6.60. The molecule has 0 spiro atoms. The minimum Gasteiger partial charge on any atom is -0.496 e. The molecule has 1 aliphatic carbocycles. The Morgan fingerprint density at radius 3 is 2.85 bits per heavy atom. The number of amides is 1. The Labute approximate surface area is 121 Å². The third-order valence-corrected chi connectivity index (χ3v) is 4.41. The maximum Gasteiger partial charge on any atom is 0.264 e. The monoisotopic (exact) mass is 297 g/mol. The summed E-state index contributed by atoms with van der Waals surface area (Å²) in [6, 6.07) is 1.89. The molecule has 0 saturated heterocycles. The first kappa shape index (κ1) is 14.6. The Hall–Kier alpha value is -1.76. The van der Waals surface area contributed by atoms with Gasteiger partial charge < -0.3 is 20.6 Å². The lowest BCUT2D eigenvalue weighted by atomic mass is 10.2. The molecule has 0 radical (unpaired) electrons. The Morgan fingerprint density at radius 2 is 2.30 bits per heavy atom. The number of hydrogen-bond donors (Lipinski definition) is 2. The van der Waals surface area contributed by atoms with Crippen LogP contribution in [0.3, 0.4) is 0 Å². The first-order valence-electron chi connectivity index (χ1n) is 6.55. The number of amidine groups is 1. The normalized spacial score (nSPS) is 16.4. The highest BCUT2D eigenvalue weighted by molar-refractivity contribution is 7.12. The zero-order chi connectivity index (χ0) is 14.5. The molecular weight excluding hydrogens is 278 g/mol. The number of methoxy groups -OCH3 is 1. The molecular formula is C13H19N3O3S.